The number of pyridine rings is 1. The highest BCUT2D eigenvalue weighted by Gasteiger charge is 2.47. The third-order valence-electron chi connectivity index (χ3n) is 15.3. The lowest BCUT2D eigenvalue weighted by Gasteiger charge is -2.34. The number of unbranched alkanes of at least 4 members (excludes halogenated alkanes) is 3. The van der Waals surface area contributed by atoms with Crippen molar-refractivity contribution in [3.05, 3.63) is 69.4 Å². The van der Waals surface area contributed by atoms with E-state index in [0.717, 1.165) is 46.5 Å². The monoisotopic (exact) mass is 1400 g/mol. The quantitative estimate of drug-likeness (QED) is 0.0140. The second kappa shape index (κ2) is 38.7. The molecule has 0 bridgehead atoms. The molecule has 1 aromatic heterocycles. The Labute approximate surface area is 545 Å². The Morgan fingerprint density at radius 3 is 1.96 bits per heavy atom. The number of likely N-dealkylation sites (tertiary alicyclic amines) is 1. The molecule has 92 heavy (non-hydrogen) atoms. The van der Waals surface area contributed by atoms with E-state index in [9.17, 15) is 67.7 Å². The van der Waals surface area contributed by atoms with Crippen LogP contribution >= 0.6 is 22.6 Å². The van der Waals surface area contributed by atoms with Crippen molar-refractivity contribution in [2.75, 3.05) is 138 Å². The fraction of sp³-hybridized carbons (Fsp3) is 0.550. The summed E-state index contributed by atoms with van der Waals surface area (Å²) in [4.78, 5) is 117. The molecule has 3 fully saturated rings. The lowest BCUT2D eigenvalue weighted by atomic mass is 10.1. The number of carboxylic acids is 3. The van der Waals surface area contributed by atoms with Crippen molar-refractivity contribution in [2.24, 2.45) is 15.3 Å². The number of halogens is 3. The SMILES string of the molecule is N#C[C@H]1CC(F)(F)CN1C(=O)CNC(=O)c1ccnc2ccc(OCCCCN3CCN(C(=O)CCCCCC(=O)N/N=C\C(C/C=N/NCN/N=C/c4ccc(I)cc4)NC(=O)CN4CCN(CC(=O)O)CCN(CC(=O)O)CCN(CC(=O)O)CC4)CC3)cc12. The van der Waals surface area contributed by atoms with Crippen LogP contribution in [0.25, 0.3) is 10.9 Å². The summed E-state index contributed by atoms with van der Waals surface area (Å²) in [7, 11) is 0. The number of nitriles is 1. The molecular weight excluding hydrogens is 1320 g/mol. The van der Waals surface area contributed by atoms with Gasteiger partial charge >= 0.3 is 17.9 Å². The van der Waals surface area contributed by atoms with Crippen LogP contribution in [0.15, 0.2) is 70.0 Å². The van der Waals surface area contributed by atoms with Crippen LogP contribution in [0.5, 0.6) is 5.75 Å². The summed E-state index contributed by atoms with van der Waals surface area (Å²) in [5, 5.41) is 56.4. The van der Waals surface area contributed by atoms with E-state index in [1.807, 2.05) is 29.2 Å². The van der Waals surface area contributed by atoms with Gasteiger partial charge in [-0.2, -0.15) is 20.6 Å². The summed E-state index contributed by atoms with van der Waals surface area (Å²) in [6, 6.07) is 14.1. The molecule has 0 aliphatic carbocycles. The first-order valence-electron chi connectivity index (χ1n) is 30.5. The molecule has 3 aliphatic heterocycles. The number of hydrogen-bond acceptors (Lipinski definition) is 21. The number of hydrogen-bond donors (Lipinski definition) is 8. The second-order valence-electron chi connectivity index (χ2n) is 22.4. The third kappa shape index (κ3) is 27.0. The Morgan fingerprint density at radius 1 is 0.717 bits per heavy atom. The number of carboxylic acid groups (broad SMARTS) is 3. The van der Waals surface area contributed by atoms with Crippen molar-refractivity contribution in [1.29, 1.82) is 5.26 Å². The van der Waals surface area contributed by atoms with Gasteiger partial charge in [-0.05, 0) is 96.8 Å². The van der Waals surface area contributed by atoms with Gasteiger partial charge in [0, 0.05) is 132 Å². The molecule has 2 aromatic carbocycles. The van der Waals surface area contributed by atoms with Crippen LogP contribution in [-0.4, -0.2) is 276 Å². The maximum Gasteiger partial charge on any atom is 0.317 e. The van der Waals surface area contributed by atoms with Gasteiger partial charge in [0.15, 0.2) is 0 Å². The summed E-state index contributed by atoms with van der Waals surface area (Å²) < 4.78 is 34.9. The fourth-order valence-electron chi connectivity index (χ4n) is 10.4. The maximum absolute atomic E-state index is 13.9. The van der Waals surface area contributed by atoms with Crippen molar-refractivity contribution in [1.82, 2.24) is 66.2 Å². The summed E-state index contributed by atoms with van der Waals surface area (Å²) in [5.41, 5.74) is 9.83. The minimum Gasteiger partial charge on any atom is -0.494 e. The number of rotatable bonds is 33. The van der Waals surface area contributed by atoms with Gasteiger partial charge in [0.2, 0.25) is 23.6 Å². The molecule has 3 aromatic rings. The number of aliphatic carboxylic acids is 3. The Kier molecular flexibility index (Phi) is 30.7. The molecule has 32 heteroatoms. The van der Waals surface area contributed by atoms with Crippen molar-refractivity contribution in [3.8, 4) is 11.8 Å². The molecule has 4 heterocycles. The molecule has 1 unspecified atom stereocenters. The number of hydrazone groups is 3. The molecule has 0 radical (unpaired) electrons. The van der Waals surface area contributed by atoms with E-state index >= 15 is 0 Å². The van der Waals surface area contributed by atoms with Crippen LogP contribution in [-0.2, 0) is 33.6 Å². The number of aromatic nitrogens is 1. The molecule has 8 N–H and O–H groups in total. The molecule has 3 aliphatic rings. The van der Waals surface area contributed by atoms with Crippen LogP contribution in [0.2, 0.25) is 0 Å². The zero-order valence-corrected chi connectivity index (χ0v) is 53.5. The number of nitrogens with zero attached hydrogens (tertiary/aromatic N) is 12. The smallest absolute Gasteiger partial charge is 0.317 e. The number of alkyl halides is 2. The normalized spacial score (nSPS) is 17.8. The van der Waals surface area contributed by atoms with E-state index in [4.69, 9.17) is 4.74 Å². The average molecular weight is 1400 g/mol. The minimum atomic E-state index is -3.17. The summed E-state index contributed by atoms with van der Waals surface area (Å²) >= 11 is 2.22. The van der Waals surface area contributed by atoms with E-state index in [-0.39, 0.29) is 115 Å². The topological polar surface area (TPSA) is 363 Å². The Bertz CT molecular complexity index is 3050. The summed E-state index contributed by atoms with van der Waals surface area (Å²) in [5.74, 6) is -7.99. The van der Waals surface area contributed by atoms with Crippen molar-refractivity contribution in [3.63, 3.8) is 0 Å². The first-order chi connectivity index (χ1) is 44.2. The highest BCUT2D eigenvalue weighted by Crippen LogP contribution is 2.32. The molecule has 29 nitrogen and oxygen atoms in total. The van der Waals surface area contributed by atoms with E-state index in [1.54, 1.807) is 50.1 Å². The predicted octanol–water partition coefficient (Wildman–Crippen LogP) is 1.19. The lowest BCUT2D eigenvalue weighted by molar-refractivity contribution is -0.140. The van der Waals surface area contributed by atoms with Crippen LogP contribution in [0, 0.1) is 14.9 Å². The van der Waals surface area contributed by atoms with Gasteiger partial charge in [0.25, 0.3) is 11.8 Å². The zero-order chi connectivity index (χ0) is 66.3. The van der Waals surface area contributed by atoms with Crippen LogP contribution < -0.4 is 31.6 Å². The Balaban J connectivity index is 0.897. The van der Waals surface area contributed by atoms with E-state index in [2.05, 4.69) is 74.7 Å². The number of amides is 5. The first kappa shape index (κ1) is 73.0. The van der Waals surface area contributed by atoms with Gasteiger partial charge in [-0.1, -0.05) is 18.6 Å². The number of nitrogens with one attached hydrogen (secondary N) is 5. The molecule has 6 rings (SSSR count). The molecule has 2 atom stereocenters. The molecule has 5 amide bonds. The van der Waals surface area contributed by atoms with Crippen LogP contribution in [0.1, 0.15) is 73.7 Å². The number of benzene rings is 2. The Morgan fingerprint density at radius 2 is 1.33 bits per heavy atom. The standard InChI is InChI=1S/C60H82F2IN17O12/c61-60(62)33-47(34-64)80(42-60)55(84)37-66-59(91)49-15-16-65-51-13-12-48(32-50(49)51)92-31-5-4-18-74-27-29-79(30-28-74)54(83)7-3-1-2-6-52(81)73-69-36-46(14-17-67-70-43-71-68-35-44-8-10-45(63)11-9-44)72-53(82)38-75-19-21-76(39-56(85)86)23-25-78(41-58(89)90)26-24-77(22-20-75)40-57(87)88/h8-13,15-17,32,35-36,46-47,70-71H,1-7,14,18-31,33,37-43H2,(H,66,91)(H,72,82)(H,73,81)(H,85,86)(H,87,88)(H,89,90)/b67-17+,68-35+,69-36-/t46?,47-/m1/s1. The molecule has 500 valence electrons. The summed E-state index contributed by atoms with van der Waals surface area (Å²) in [6.07, 6.45) is 9.23. The highest BCUT2D eigenvalue weighted by molar-refractivity contribution is 14.1. The van der Waals surface area contributed by atoms with Crippen molar-refractivity contribution < 1.29 is 67.2 Å². The number of carbonyl (C=O) groups excluding carboxylic acids is 5. The minimum absolute atomic E-state index is 0.0546. The first-order valence-corrected chi connectivity index (χ1v) is 31.6. The van der Waals surface area contributed by atoms with Gasteiger partial charge in [-0.15, -0.1) is 0 Å². The lowest BCUT2D eigenvalue weighted by Crippen LogP contribution is -2.50. The van der Waals surface area contributed by atoms with Gasteiger partial charge in [0.05, 0.1) is 75.3 Å². The largest absolute Gasteiger partial charge is 0.494 e. The Hall–Kier alpha value is -8.10. The second-order valence-corrected chi connectivity index (χ2v) is 23.7. The molecule has 0 saturated carbocycles. The molecule has 0 spiro atoms. The number of fused-ring (bicyclic) bond motifs is 1. The van der Waals surface area contributed by atoms with Crippen molar-refractivity contribution in [2.45, 2.75) is 75.8 Å². The maximum atomic E-state index is 13.9. The van der Waals surface area contributed by atoms with Gasteiger partial charge < -0.3 is 40.5 Å². The zero-order valence-electron chi connectivity index (χ0n) is 51.3. The van der Waals surface area contributed by atoms with Crippen molar-refractivity contribution >= 4 is 99.6 Å². The molecular formula is C60H82F2IN17O12. The van der Waals surface area contributed by atoms with Gasteiger partial charge in [0.1, 0.15) is 18.5 Å². The third-order valence-corrected chi connectivity index (χ3v) is 16.0. The van der Waals surface area contributed by atoms with E-state index in [1.165, 1.54) is 24.7 Å². The van der Waals surface area contributed by atoms with Crippen LogP contribution in [0.4, 0.5) is 8.78 Å². The average Bonchev–Trinajstić information content (AvgIpc) is 1.47. The number of piperazine rings is 1. The fourth-order valence-corrected chi connectivity index (χ4v) is 10.7. The number of ether oxygens (including phenoxy) is 1. The van der Waals surface area contributed by atoms with Gasteiger partial charge in [-0.3, -0.25) is 78.7 Å². The number of carbonyl (C=O) groups is 8. The predicted molar refractivity (Wildman–Crippen MR) is 344 cm³/mol. The highest BCUT2D eigenvalue weighted by atomic mass is 127. The summed E-state index contributed by atoms with van der Waals surface area (Å²) in [6.45, 7) is 3.35. The van der Waals surface area contributed by atoms with Gasteiger partial charge in [-0.25, -0.2) is 14.2 Å². The van der Waals surface area contributed by atoms with Crippen LogP contribution in [0.3, 0.4) is 0 Å². The molecule has 3 saturated heterocycles. The van der Waals surface area contributed by atoms with E-state index < -0.39 is 73.1 Å². The van der Waals surface area contributed by atoms with E-state index in [0.29, 0.717) is 62.0 Å².